The number of alkyl halides is 2. The monoisotopic (exact) mass is 798 g/mol. The van der Waals surface area contributed by atoms with Gasteiger partial charge in [-0.25, -0.2) is 28.3 Å². The summed E-state index contributed by atoms with van der Waals surface area (Å²) >= 11 is 0. The Morgan fingerprint density at radius 3 is 1.62 bits per heavy atom. The van der Waals surface area contributed by atoms with E-state index in [-0.39, 0.29) is 29.6 Å². The van der Waals surface area contributed by atoms with Gasteiger partial charge in [0.15, 0.2) is 0 Å². The van der Waals surface area contributed by atoms with Crippen molar-refractivity contribution in [1.29, 1.82) is 0 Å². The molecule has 2 aliphatic rings. The molecule has 2 saturated heterocycles. The van der Waals surface area contributed by atoms with Crippen molar-refractivity contribution in [2.75, 3.05) is 27.3 Å². The van der Waals surface area contributed by atoms with E-state index in [0.717, 1.165) is 51.0 Å². The third-order valence-corrected chi connectivity index (χ3v) is 11.1. The fourth-order valence-electron chi connectivity index (χ4n) is 7.94. The first-order valence-corrected chi connectivity index (χ1v) is 19.4. The lowest BCUT2D eigenvalue weighted by Crippen LogP contribution is -2.51. The van der Waals surface area contributed by atoms with Gasteiger partial charge in [-0.05, 0) is 71.2 Å². The highest BCUT2D eigenvalue weighted by Gasteiger charge is 2.50. The van der Waals surface area contributed by atoms with Crippen LogP contribution in [0.2, 0.25) is 0 Å². The molecular formula is C42H48F2N8O6. The zero-order valence-electron chi connectivity index (χ0n) is 33.3. The summed E-state index contributed by atoms with van der Waals surface area (Å²) in [5.74, 6) is -3.50. The Labute approximate surface area is 334 Å². The SMILES string of the molecule is COC(=O)N[C@H](C(=O)N1CCC[C@H]1c1nc2cc(-c3ccc(-c4ccc5[nH]c([C@@H]6CC(F)(F)CN6C(=O)[C@@H](NC(=O)OC)C(C)C)nc5c4)cc3)ccc2[nH]1)C(C)C. The van der Waals surface area contributed by atoms with Crippen molar-refractivity contribution in [3.05, 3.63) is 72.3 Å². The Bertz CT molecular complexity index is 2340. The zero-order valence-corrected chi connectivity index (χ0v) is 33.3. The summed E-state index contributed by atoms with van der Waals surface area (Å²) in [5.41, 5.74) is 6.54. The van der Waals surface area contributed by atoms with Gasteiger partial charge in [0.2, 0.25) is 11.8 Å². The summed E-state index contributed by atoms with van der Waals surface area (Å²) in [6, 6.07) is 16.6. The van der Waals surface area contributed by atoms with Crippen LogP contribution in [0.25, 0.3) is 44.3 Å². The molecule has 16 heteroatoms. The van der Waals surface area contributed by atoms with Crippen LogP contribution in [-0.2, 0) is 19.1 Å². The first kappa shape index (κ1) is 40.1. The van der Waals surface area contributed by atoms with Gasteiger partial charge in [-0.3, -0.25) is 9.59 Å². The van der Waals surface area contributed by atoms with Gasteiger partial charge >= 0.3 is 12.2 Å². The molecule has 7 rings (SSSR count). The summed E-state index contributed by atoms with van der Waals surface area (Å²) < 4.78 is 39.2. The second-order valence-corrected chi connectivity index (χ2v) is 15.7. The molecular weight excluding hydrogens is 751 g/mol. The largest absolute Gasteiger partial charge is 0.453 e. The van der Waals surface area contributed by atoms with Crippen molar-refractivity contribution in [2.45, 2.75) is 77.0 Å². The number of nitrogens with one attached hydrogen (secondary N) is 4. The third kappa shape index (κ3) is 8.04. The van der Waals surface area contributed by atoms with E-state index in [9.17, 15) is 28.0 Å². The van der Waals surface area contributed by atoms with Crippen LogP contribution < -0.4 is 10.6 Å². The molecule has 5 aromatic rings. The highest BCUT2D eigenvalue weighted by atomic mass is 19.3. The predicted octanol–water partition coefficient (Wildman–Crippen LogP) is 7.11. The Balaban J connectivity index is 1.08. The molecule has 0 saturated carbocycles. The Morgan fingerprint density at radius 2 is 1.16 bits per heavy atom. The van der Waals surface area contributed by atoms with Crippen LogP contribution in [0.5, 0.6) is 0 Å². The highest BCUT2D eigenvalue weighted by Crippen LogP contribution is 2.42. The molecule has 2 aromatic heterocycles. The quantitative estimate of drug-likeness (QED) is 0.116. The van der Waals surface area contributed by atoms with Crippen LogP contribution in [0.4, 0.5) is 18.4 Å². The summed E-state index contributed by atoms with van der Waals surface area (Å²) in [7, 11) is 2.45. The van der Waals surface area contributed by atoms with E-state index in [2.05, 4.69) is 30.3 Å². The number of likely N-dealkylation sites (tertiary alicyclic amines) is 2. The summed E-state index contributed by atoms with van der Waals surface area (Å²) in [4.78, 5) is 70.2. The van der Waals surface area contributed by atoms with Crippen molar-refractivity contribution in [3.63, 3.8) is 0 Å². The van der Waals surface area contributed by atoms with Crippen molar-refractivity contribution < 1.29 is 37.4 Å². The number of alkyl carbamates (subject to hydrolysis) is 2. The van der Waals surface area contributed by atoms with Gasteiger partial charge in [0.05, 0.1) is 54.9 Å². The molecule has 58 heavy (non-hydrogen) atoms. The van der Waals surface area contributed by atoms with Gasteiger partial charge in [-0.2, -0.15) is 0 Å². The maximum absolute atomic E-state index is 14.9. The topological polar surface area (TPSA) is 175 Å². The number of ether oxygens (including phenoxy) is 2. The fraction of sp³-hybridized carbons (Fsp3) is 0.429. The van der Waals surface area contributed by atoms with Gasteiger partial charge in [-0.1, -0.05) is 64.1 Å². The van der Waals surface area contributed by atoms with E-state index >= 15 is 0 Å². The van der Waals surface area contributed by atoms with Crippen molar-refractivity contribution in [1.82, 2.24) is 40.4 Å². The number of fused-ring (bicyclic) bond motifs is 2. The fourth-order valence-corrected chi connectivity index (χ4v) is 7.94. The number of H-pyrrole nitrogens is 2. The second-order valence-electron chi connectivity index (χ2n) is 15.7. The summed E-state index contributed by atoms with van der Waals surface area (Å²) in [5, 5.41) is 5.17. The lowest BCUT2D eigenvalue weighted by Gasteiger charge is -2.29. The Morgan fingerprint density at radius 1 is 0.707 bits per heavy atom. The summed E-state index contributed by atoms with van der Waals surface area (Å²) in [6.45, 7) is 6.98. The van der Waals surface area contributed by atoms with Gasteiger partial charge in [-0.15, -0.1) is 0 Å². The van der Waals surface area contributed by atoms with Gasteiger partial charge < -0.3 is 39.9 Å². The van der Waals surface area contributed by atoms with E-state index < -0.39 is 55.1 Å². The van der Waals surface area contributed by atoms with E-state index in [0.29, 0.717) is 23.4 Å². The normalized spacial score (nSPS) is 18.9. The average Bonchev–Trinajstić information content (AvgIpc) is 4.01. The molecule has 0 radical (unpaired) electrons. The molecule has 306 valence electrons. The molecule has 0 aliphatic carbocycles. The number of amides is 4. The molecule has 0 bridgehead atoms. The van der Waals surface area contributed by atoms with Crippen LogP contribution >= 0.6 is 0 Å². The third-order valence-electron chi connectivity index (χ3n) is 11.1. The first-order chi connectivity index (χ1) is 27.7. The van der Waals surface area contributed by atoms with E-state index in [1.54, 1.807) is 18.7 Å². The molecule has 0 spiro atoms. The molecule has 2 fully saturated rings. The maximum atomic E-state index is 14.9. The lowest BCUT2D eigenvalue weighted by molar-refractivity contribution is -0.137. The lowest BCUT2D eigenvalue weighted by atomic mass is 10.00. The number of methoxy groups -OCH3 is 2. The Kier molecular flexibility index (Phi) is 11.1. The van der Waals surface area contributed by atoms with Crippen molar-refractivity contribution >= 4 is 46.1 Å². The minimum absolute atomic E-state index is 0.133. The molecule has 0 unspecified atom stereocenters. The molecule has 4 atom stereocenters. The number of aromatic amines is 2. The molecule has 14 nitrogen and oxygen atoms in total. The number of hydrogen-bond donors (Lipinski definition) is 4. The van der Waals surface area contributed by atoms with E-state index in [4.69, 9.17) is 9.72 Å². The molecule has 3 aromatic carbocycles. The van der Waals surface area contributed by atoms with Gasteiger partial charge in [0.25, 0.3) is 5.92 Å². The van der Waals surface area contributed by atoms with Crippen LogP contribution in [0.3, 0.4) is 0 Å². The number of imidazole rings is 2. The minimum atomic E-state index is -3.14. The van der Waals surface area contributed by atoms with Gasteiger partial charge in [0.1, 0.15) is 23.7 Å². The molecule has 2 aliphatic heterocycles. The highest BCUT2D eigenvalue weighted by molar-refractivity contribution is 5.88. The van der Waals surface area contributed by atoms with Crippen LogP contribution in [-0.4, -0.2) is 99.1 Å². The standard InChI is InChI=1S/C42H48F2N8O6/c1-22(2)34(49-40(55)57-5)38(53)51-17-7-8-32(51)36-45-28-15-13-26(18-30(28)47-36)24-9-11-25(12-10-24)27-14-16-29-31(19-27)48-37(46-29)33-20-42(43,44)21-52(33)39(54)35(23(3)4)50-41(56)58-6/h9-16,18-19,22-23,32-35H,7-8,17,20-21H2,1-6H3,(H,45,47)(H,46,48)(H,49,55)(H,50,56)/t32-,33-,34-,35-/m0/s1. The summed E-state index contributed by atoms with van der Waals surface area (Å²) in [6.07, 6.45) is -0.500. The van der Waals surface area contributed by atoms with Crippen molar-refractivity contribution in [3.8, 4) is 22.3 Å². The minimum Gasteiger partial charge on any atom is -0.453 e. The smallest absolute Gasteiger partial charge is 0.407 e. The van der Waals surface area contributed by atoms with E-state index in [1.807, 2.05) is 74.5 Å². The van der Waals surface area contributed by atoms with E-state index in [1.165, 1.54) is 14.2 Å². The van der Waals surface area contributed by atoms with Crippen LogP contribution in [0, 0.1) is 11.8 Å². The first-order valence-electron chi connectivity index (χ1n) is 19.4. The molecule has 4 amide bonds. The predicted molar refractivity (Wildman–Crippen MR) is 213 cm³/mol. The molecule has 4 heterocycles. The molecule has 4 N–H and O–H groups in total. The number of carbonyl (C=O) groups is 4. The number of halogens is 2. The van der Waals surface area contributed by atoms with Gasteiger partial charge in [0, 0.05) is 13.0 Å². The zero-order chi connectivity index (χ0) is 41.5. The number of carbonyl (C=O) groups excluding carboxylic acids is 4. The maximum Gasteiger partial charge on any atom is 0.407 e. The Hall–Kier alpha value is -6.06. The average molecular weight is 799 g/mol. The second kappa shape index (κ2) is 16.1. The number of benzene rings is 3. The number of rotatable bonds is 10. The van der Waals surface area contributed by atoms with Crippen LogP contribution in [0.1, 0.15) is 70.7 Å². The number of hydrogen-bond acceptors (Lipinski definition) is 8. The number of aromatic nitrogens is 4. The van der Waals surface area contributed by atoms with Crippen LogP contribution in [0.15, 0.2) is 60.7 Å². The van der Waals surface area contributed by atoms with Crippen molar-refractivity contribution in [2.24, 2.45) is 11.8 Å². The number of nitrogens with zero attached hydrogens (tertiary/aromatic N) is 4.